The van der Waals surface area contributed by atoms with Crippen molar-refractivity contribution in [2.45, 2.75) is 26.3 Å². The molecule has 1 heterocycles. The van der Waals surface area contributed by atoms with Crippen LogP contribution in [-0.2, 0) is 14.3 Å². The number of anilines is 1. The first-order valence-electron chi connectivity index (χ1n) is 7.41. The Morgan fingerprint density at radius 2 is 2.05 bits per heavy atom. The number of amides is 2. The average molecular weight is 308 g/mol. The Kier molecular flexibility index (Phi) is 5.49. The van der Waals surface area contributed by atoms with E-state index in [0.29, 0.717) is 25.3 Å². The van der Waals surface area contributed by atoms with Gasteiger partial charge in [0.1, 0.15) is 12.4 Å². The molecule has 1 atom stereocenters. The van der Waals surface area contributed by atoms with Gasteiger partial charge in [-0.2, -0.15) is 0 Å². The van der Waals surface area contributed by atoms with Crippen LogP contribution in [0.4, 0.5) is 10.1 Å². The first-order valence-corrected chi connectivity index (χ1v) is 7.41. The molecular formula is C16H21FN2O3. The van der Waals surface area contributed by atoms with Gasteiger partial charge in [-0.1, -0.05) is 0 Å². The first-order chi connectivity index (χ1) is 10.5. The lowest BCUT2D eigenvalue weighted by molar-refractivity contribution is -0.140. The summed E-state index contributed by atoms with van der Waals surface area (Å²) in [6.07, 6.45) is 0.696. The molecule has 0 radical (unpaired) electrons. The molecule has 0 bridgehead atoms. The predicted molar refractivity (Wildman–Crippen MR) is 80.8 cm³/mol. The van der Waals surface area contributed by atoms with Crippen molar-refractivity contribution in [1.82, 2.24) is 4.90 Å². The summed E-state index contributed by atoms with van der Waals surface area (Å²) in [5.41, 5.74) is 0.506. The van der Waals surface area contributed by atoms with Crippen LogP contribution in [0.2, 0.25) is 0 Å². The maximum absolute atomic E-state index is 12.8. The van der Waals surface area contributed by atoms with Gasteiger partial charge in [-0.15, -0.1) is 0 Å². The van der Waals surface area contributed by atoms with Gasteiger partial charge >= 0.3 is 0 Å². The van der Waals surface area contributed by atoms with Gasteiger partial charge in [0.05, 0.1) is 12.5 Å². The molecule has 1 aliphatic rings. The van der Waals surface area contributed by atoms with Gasteiger partial charge < -0.3 is 15.0 Å². The van der Waals surface area contributed by atoms with Crippen LogP contribution in [0.5, 0.6) is 0 Å². The topological polar surface area (TPSA) is 58.6 Å². The highest BCUT2D eigenvalue weighted by Crippen LogP contribution is 2.17. The third kappa shape index (κ3) is 4.27. The van der Waals surface area contributed by atoms with Crippen LogP contribution < -0.4 is 5.32 Å². The molecule has 6 heteroatoms. The second-order valence-corrected chi connectivity index (χ2v) is 5.68. The number of nitrogens with zero attached hydrogens (tertiary/aromatic N) is 1. The van der Waals surface area contributed by atoms with E-state index in [0.717, 1.165) is 0 Å². The highest BCUT2D eigenvalue weighted by Gasteiger charge is 2.30. The van der Waals surface area contributed by atoms with E-state index in [-0.39, 0.29) is 36.1 Å². The molecular weight excluding hydrogens is 287 g/mol. The van der Waals surface area contributed by atoms with Gasteiger partial charge in [0.2, 0.25) is 11.8 Å². The van der Waals surface area contributed by atoms with E-state index < -0.39 is 0 Å². The second-order valence-electron chi connectivity index (χ2n) is 5.68. The van der Waals surface area contributed by atoms with Crippen molar-refractivity contribution in [1.29, 1.82) is 0 Å². The molecule has 5 nitrogen and oxygen atoms in total. The van der Waals surface area contributed by atoms with Crippen molar-refractivity contribution >= 4 is 17.5 Å². The number of halogens is 1. The zero-order chi connectivity index (χ0) is 16.1. The largest absolute Gasteiger partial charge is 0.381 e. The molecule has 1 fully saturated rings. The molecule has 0 saturated carbocycles. The molecule has 2 rings (SSSR count). The minimum absolute atomic E-state index is 0.0234. The predicted octanol–water partition coefficient (Wildman–Crippen LogP) is 2.04. The Hall–Kier alpha value is -1.95. The summed E-state index contributed by atoms with van der Waals surface area (Å²) < 4.78 is 18.1. The molecule has 22 heavy (non-hydrogen) atoms. The summed E-state index contributed by atoms with van der Waals surface area (Å²) >= 11 is 0. The minimum Gasteiger partial charge on any atom is -0.381 e. The van der Waals surface area contributed by atoms with Crippen LogP contribution >= 0.6 is 0 Å². The second kappa shape index (κ2) is 7.35. The molecule has 120 valence electrons. The van der Waals surface area contributed by atoms with Gasteiger partial charge in [0, 0.05) is 18.3 Å². The SMILES string of the molecule is CC(C)N(CC(=O)Nc1ccc(F)cc1)C(=O)C1CCOC1. The monoisotopic (exact) mass is 308 g/mol. The number of nitrogens with one attached hydrogen (secondary N) is 1. The van der Waals surface area contributed by atoms with Crippen LogP contribution in [-0.4, -0.2) is 42.5 Å². The van der Waals surface area contributed by atoms with Crippen LogP contribution in [0.1, 0.15) is 20.3 Å². The van der Waals surface area contributed by atoms with Crippen molar-refractivity contribution in [2.75, 3.05) is 25.1 Å². The number of carbonyl (C=O) groups excluding carboxylic acids is 2. The smallest absolute Gasteiger partial charge is 0.244 e. The summed E-state index contributed by atoms with van der Waals surface area (Å²) in [4.78, 5) is 26.1. The highest BCUT2D eigenvalue weighted by molar-refractivity contribution is 5.94. The molecule has 1 aromatic rings. The van der Waals surface area contributed by atoms with Crippen molar-refractivity contribution in [3.63, 3.8) is 0 Å². The molecule has 0 aromatic heterocycles. The van der Waals surface area contributed by atoms with Crippen molar-refractivity contribution in [3.8, 4) is 0 Å². The van der Waals surface area contributed by atoms with Gasteiger partial charge in [0.25, 0.3) is 0 Å². The fraction of sp³-hybridized carbons (Fsp3) is 0.500. The third-order valence-electron chi connectivity index (χ3n) is 3.63. The summed E-state index contributed by atoms with van der Waals surface area (Å²) in [5.74, 6) is -0.881. The van der Waals surface area contributed by atoms with Crippen molar-refractivity contribution in [2.24, 2.45) is 5.92 Å². The summed E-state index contributed by atoms with van der Waals surface area (Å²) in [6.45, 7) is 4.73. The summed E-state index contributed by atoms with van der Waals surface area (Å²) in [5, 5.41) is 2.67. The number of hydrogen-bond acceptors (Lipinski definition) is 3. The summed E-state index contributed by atoms with van der Waals surface area (Å²) in [6, 6.07) is 5.44. The van der Waals surface area contributed by atoms with Crippen LogP contribution in [0, 0.1) is 11.7 Å². The fourth-order valence-corrected chi connectivity index (χ4v) is 2.37. The number of hydrogen-bond donors (Lipinski definition) is 1. The van der Waals surface area contributed by atoms with E-state index in [1.54, 1.807) is 4.90 Å². The Bertz CT molecular complexity index is 525. The van der Waals surface area contributed by atoms with E-state index in [4.69, 9.17) is 4.74 Å². The normalized spacial score (nSPS) is 17.5. The molecule has 1 unspecified atom stereocenters. The number of benzene rings is 1. The zero-order valence-electron chi connectivity index (χ0n) is 12.8. The molecule has 1 aromatic carbocycles. The number of ether oxygens (including phenoxy) is 1. The molecule has 0 spiro atoms. The van der Waals surface area contributed by atoms with Crippen molar-refractivity contribution < 1.29 is 18.7 Å². The maximum atomic E-state index is 12.8. The lowest BCUT2D eigenvalue weighted by atomic mass is 10.1. The van der Waals surface area contributed by atoms with Gasteiger partial charge in [-0.25, -0.2) is 4.39 Å². The standard InChI is InChI=1S/C16H21FN2O3/c1-11(2)19(16(21)12-7-8-22-10-12)9-15(20)18-14-5-3-13(17)4-6-14/h3-6,11-12H,7-10H2,1-2H3,(H,18,20). The first kappa shape index (κ1) is 16.4. The van der Waals surface area contributed by atoms with Crippen LogP contribution in [0.25, 0.3) is 0 Å². The zero-order valence-corrected chi connectivity index (χ0v) is 12.8. The van der Waals surface area contributed by atoms with E-state index in [1.807, 2.05) is 13.8 Å². The highest BCUT2D eigenvalue weighted by atomic mass is 19.1. The van der Waals surface area contributed by atoms with E-state index >= 15 is 0 Å². The Balaban J connectivity index is 1.96. The number of rotatable bonds is 5. The average Bonchev–Trinajstić information content (AvgIpc) is 3.00. The fourth-order valence-electron chi connectivity index (χ4n) is 2.37. The van der Waals surface area contributed by atoms with Crippen molar-refractivity contribution in [3.05, 3.63) is 30.1 Å². The molecule has 2 amide bonds. The minimum atomic E-state index is -0.363. The van der Waals surface area contributed by atoms with Crippen LogP contribution in [0.15, 0.2) is 24.3 Å². The van der Waals surface area contributed by atoms with Gasteiger partial charge in [-0.05, 0) is 44.5 Å². The number of carbonyl (C=O) groups is 2. The maximum Gasteiger partial charge on any atom is 0.244 e. The quantitative estimate of drug-likeness (QED) is 0.905. The van der Waals surface area contributed by atoms with E-state index in [1.165, 1.54) is 24.3 Å². The Morgan fingerprint density at radius 1 is 1.36 bits per heavy atom. The van der Waals surface area contributed by atoms with Crippen LogP contribution in [0.3, 0.4) is 0 Å². The van der Waals surface area contributed by atoms with E-state index in [2.05, 4.69) is 5.32 Å². The van der Waals surface area contributed by atoms with Gasteiger partial charge in [0.15, 0.2) is 0 Å². The third-order valence-corrected chi connectivity index (χ3v) is 3.63. The molecule has 1 aliphatic heterocycles. The molecule has 1 saturated heterocycles. The molecule has 0 aliphatic carbocycles. The summed E-state index contributed by atoms with van der Waals surface area (Å²) in [7, 11) is 0. The van der Waals surface area contributed by atoms with E-state index in [9.17, 15) is 14.0 Å². The molecule has 1 N–H and O–H groups in total. The lowest BCUT2D eigenvalue weighted by Crippen LogP contribution is -2.45. The Morgan fingerprint density at radius 3 is 2.59 bits per heavy atom. The lowest BCUT2D eigenvalue weighted by Gasteiger charge is -2.28. The van der Waals surface area contributed by atoms with Gasteiger partial charge in [-0.3, -0.25) is 9.59 Å². The Labute approximate surface area is 129 Å².